The van der Waals surface area contributed by atoms with Gasteiger partial charge >= 0.3 is 0 Å². The van der Waals surface area contributed by atoms with E-state index >= 15 is 0 Å². The molecule has 0 heterocycles. The van der Waals surface area contributed by atoms with Crippen LogP contribution in [0.4, 0.5) is 0 Å². The number of hydrogen-bond acceptors (Lipinski definition) is 3. The van der Waals surface area contributed by atoms with E-state index in [1.807, 2.05) is 37.3 Å². The van der Waals surface area contributed by atoms with Gasteiger partial charge in [-0.15, -0.1) is 0 Å². The molecule has 0 bridgehead atoms. The molecule has 144 valence electrons. The van der Waals surface area contributed by atoms with Crippen molar-refractivity contribution in [1.82, 2.24) is 16.0 Å². The van der Waals surface area contributed by atoms with Crippen molar-refractivity contribution in [2.24, 2.45) is 4.99 Å². The Morgan fingerprint density at radius 3 is 2.52 bits per heavy atom. The van der Waals surface area contributed by atoms with Gasteiger partial charge in [-0.1, -0.05) is 24.3 Å². The molecule has 0 saturated heterocycles. The number of rotatable bonds is 8. The van der Waals surface area contributed by atoms with Crippen LogP contribution in [0, 0.1) is 0 Å². The molecule has 2 aromatic carbocycles. The van der Waals surface area contributed by atoms with Crippen molar-refractivity contribution < 1.29 is 9.53 Å². The lowest BCUT2D eigenvalue weighted by atomic mass is 10.1. The fourth-order valence-corrected chi connectivity index (χ4v) is 2.58. The highest BCUT2D eigenvalue weighted by atomic mass is 16.5. The van der Waals surface area contributed by atoms with Crippen molar-refractivity contribution in [2.45, 2.75) is 19.9 Å². The maximum absolute atomic E-state index is 11.7. The van der Waals surface area contributed by atoms with Gasteiger partial charge in [0.05, 0.1) is 13.7 Å². The first-order valence-electron chi connectivity index (χ1n) is 9.12. The summed E-state index contributed by atoms with van der Waals surface area (Å²) in [4.78, 5) is 16.4. The van der Waals surface area contributed by atoms with Gasteiger partial charge in [0.2, 0.25) is 0 Å². The van der Waals surface area contributed by atoms with E-state index in [4.69, 9.17) is 4.74 Å². The molecule has 6 nitrogen and oxygen atoms in total. The van der Waals surface area contributed by atoms with Gasteiger partial charge in [0.15, 0.2) is 5.96 Å². The van der Waals surface area contributed by atoms with Crippen LogP contribution in [0.3, 0.4) is 0 Å². The molecule has 0 aliphatic carbocycles. The molecule has 2 aromatic rings. The van der Waals surface area contributed by atoms with E-state index in [0.29, 0.717) is 12.1 Å². The molecule has 0 fully saturated rings. The Kier molecular flexibility index (Phi) is 8.16. The van der Waals surface area contributed by atoms with Crippen LogP contribution in [-0.2, 0) is 13.0 Å². The van der Waals surface area contributed by atoms with Crippen molar-refractivity contribution in [3.8, 4) is 5.75 Å². The number of carbonyl (C=O) groups is 1. The molecule has 1 amide bonds. The number of nitrogens with zero attached hydrogens (tertiary/aromatic N) is 1. The summed E-state index contributed by atoms with van der Waals surface area (Å²) >= 11 is 0. The summed E-state index contributed by atoms with van der Waals surface area (Å²) in [6.07, 6.45) is 0.889. The van der Waals surface area contributed by atoms with Gasteiger partial charge in [-0.05, 0) is 48.7 Å². The summed E-state index contributed by atoms with van der Waals surface area (Å²) in [5.41, 5.74) is 2.86. The van der Waals surface area contributed by atoms with Gasteiger partial charge in [-0.3, -0.25) is 4.79 Å². The molecule has 0 aromatic heterocycles. The zero-order valence-corrected chi connectivity index (χ0v) is 16.2. The maximum atomic E-state index is 11.7. The van der Waals surface area contributed by atoms with Crippen LogP contribution in [0.5, 0.6) is 5.75 Å². The fourth-order valence-electron chi connectivity index (χ4n) is 2.58. The molecular formula is C21H28N4O2. The normalized spacial score (nSPS) is 11.0. The molecule has 2 rings (SSSR count). The lowest BCUT2D eigenvalue weighted by Gasteiger charge is -2.12. The highest BCUT2D eigenvalue weighted by molar-refractivity contribution is 5.94. The van der Waals surface area contributed by atoms with Crippen LogP contribution in [0.1, 0.15) is 28.4 Å². The minimum Gasteiger partial charge on any atom is -0.497 e. The Morgan fingerprint density at radius 2 is 1.85 bits per heavy atom. The van der Waals surface area contributed by atoms with E-state index in [1.165, 1.54) is 5.56 Å². The summed E-state index contributed by atoms with van der Waals surface area (Å²) in [5, 5.41) is 9.23. The predicted octanol–water partition coefficient (Wildman–Crippen LogP) is 2.35. The quantitative estimate of drug-likeness (QED) is 0.494. The number of methoxy groups -OCH3 is 1. The lowest BCUT2D eigenvalue weighted by molar-refractivity contribution is 0.0963. The van der Waals surface area contributed by atoms with Crippen LogP contribution in [-0.4, -0.2) is 39.1 Å². The number of aliphatic imine (C=N–C) groups is 1. The molecule has 3 N–H and O–H groups in total. The van der Waals surface area contributed by atoms with Crippen molar-refractivity contribution in [1.29, 1.82) is 0 Å². The zero-order valence-electron chi connectivity index (χ0n) is 16.2. The van der Waals surface area contributed by atoms with E-state index in [2.05, 4.69) is 33.1 Å². The monoisotopic (exact) mass is 368 g/mol. The van der Waals surface area contributed by atoms with Gasteiger partial charge in [0, 0.05) is 25.7 Å². The van der Waals surface area contributed by atoms with Crippen LogP contribution < -0.4 is 20.7 Å². The minimum atomic E-state index is -0.0923. The van der Waals surface area contributed by atoms with Crippen LogP contribution >= 0.6 is 0 Å². The standard InChI is InChI=1S/C21H28N4O2/c1-4-23-21(24-13-12-16-8-10-19(27-3)11-9-16)25-15-17-6-5-7-18(14-17)20(26)22-2/h5-11,14H,4,12-13,15H2,1-3H3,(H,22,26)(H2,23,24,25). The van der Waals surface area contributed by atoms with Crippen LogP contribution in [0.2, 0.25) is 0 Å². The van der Waals surface area contributed by atoms with E-state index in [9.17, 15) is 4.79 Å². The number of ether oxygens (including phenoxy) is 1. The summed E-state index contributed by atoms with van der Waals surface area (Å²) in [6.45, 7) is 4.10. The molecule has 0 aliphatic heterocycles. The average Bonchev–Trinajstić information content (AvgIpc) is 2.72. The number of guanidine groups is 1. The second-order valence-electron chi connectivity index (χ2n) is 6.00. The largest absolute Gasteiger partial charge is 0.497 e. The van der Waals surface area contributed by atoms with Gasteiger partial charge < -0.3 is 20.7 Å². The van der Waals surface area contributed by atoms with Crippen LogP contribution in [0.15, 0.2) is 53.5 Å². The SMILES string of the molecule is CCNC(=NCc1cccc(C(=O)NC)c1)NCCc1ccc(OC)cc1. The number of hydrogen-bond donors (Lipinski definition) is 3. The summed E-state index contributed by atoms with van der Waals surface area (Å²) < 4.78 is 5.18. The Hall–Kier alpha value is -3.02. The topological polar surface area (TPSA) is 74.8 Å². The molecule has 0 spiro atoms. The third kappa shape index (κ3) is 6.66. The van der Waals surface area contributed by atoms with Gasteiger partial charge in [0.25, 0.3) is 5.91 Å². The van der Waals surface area contributed by atoms with E-state index in [-0.39, 0.29) is 5.91 Å². The second-order valence-corrected chi connectivity index (χ2v) is 6.00. The Labute approximate surface area is 161 Å². The first kappa shape index (κ1) is 20.3. The molecule has 0 unspecified atom stereocenters. The highest BCUT2D eigenvalue weighted by Gasteiger charge is 2.04. The van der Waals surface area contributed by atoms with E-state index < -0.39 is 0 Å². The third-order valence-corrected chi connectivity index (χ3v) is 4.05. The van der Waals surface area contributed by atoms with E-state index in [0.717, 1.165) is 36.8 Å². The summed E-state index contributed by atoms with van der Waals surface area (Å²) in [5.74, 6) is 1.53. The fraction of sp³-hybridized carbons (Fsp3) is 0.333. The summed E-state index contributed by atoms with van der Waals surface area (Å²) in [7, 11) is 3.29. The van der Waals surface area contributed by atoms with Crippen molar-refractivity contribution in [3.05, 3.63) is 65.2 Å². The molecule has 0 atom stereocenters. The predicted molar refractivity (Wildman–Crippen MR) is 109 cm³/mol. The average molecular weight is 368 g/mol. The third-order valence-electron chi connectivity index (χ3n) is 4.05. The Balaban J connectivity index is 1.92. The number of benzene rings is 2. The molecular weight excluding hydrogens is 340 g/mol. The Bertz CT molecular complexity index is 757. The first-order valence-corrected chi connectivity index (χ1v) is 9.12. The zero-order chi connectivity index (χ0) is 19.5. The van der Waals surface area contributed by atoms with Crippen molar-refractivity contribution in [2.75, 3.05) is 27.2 Å². The number of nitrogens with one attached hydrogen (secondary N) is 3. The van der Waals surface area contributed by atoms with Gasteiger partial charge in [0.1, 0.15) is 5.75 Å². The highest BCUT2D eigenvalue weighted by Crippen LogP contribution is 2.11. The van der Waals surface area contributed by atoms with Crippen molar-refractivity contribution in [3.63, 3.8) is 0 Å². The van der Waals surface area contributed by atoms with E-state index in [1.54, 1.807) is 20.2 Å². The molecule has 0 radical (unpaired) electrons. The minimum absolute atomic E-state index is 0.0923. The number of amides is 1. The number of carbonyl (C=O) groups excluding carboxylic acids is 1. The molecule has 0 aliphatic rings. The van der Waals surface area contributed by atoms with Gasteiger partial charge in [-0.25, -0.2) is 4.99 Å². The van der Waals surface area contributed by atoms with Crippen molar-refractivity contribution >= 4 is 11.9 Å². The molecule has 27 heavy (non-hydrogen) atoms. The summed E-state index contributed by atoms with van der Waals surface area (Å²) in [6, 6.07) is 15.6. The maximum Gasteiger partial charge on any atom is 0.251 e. The smallest absolute Gasteiger partial charge is 0.251 e. The molecule has 0 saturated carbocycles. The second kappa shape index (κ2) is 10.9. The van der Waals surface area contributed by atoms with Gasteiger partial charge in [-0.2, -0.15) is 0 Å². The molecule has 6 heteroatoms. The van der Waals surface area contributed by atoms with Crippen LogP contribution in [0.25, 0.3) is 0 Å². The lowest BCUT2D eigenvalue weighted by Crippen LogP contribution is -2.38. The first-order chi connectivity index (χ1) is 13.2. The Morgan fingerprint density at radius 1 is 1.07 bits per heavy atom.